The molecule has 1 aliphatic heterocycles. The van der Waals surface area contributed by atoms with Crippen molar-refractivity contribution in [1.29, 1.82) is 0 Å². The highest BCUT2D eigenvalue weighted by Gasteiger charge is 2.28. The summed E-state index contributed by atoms with van der Waals surface area (Å²) in [4.78, 5) is 24.0. The van der Waals surface area contributed by atoms with Crippen molar-refractivity contribution in [3.63, 3.8) is 0 Å². The van der Waals surface area contributed by atoms with Crippen molar-refractivity contribution in [2.24, 2.45) is 0 Å². The molecule has 2 aromatic rings. The van der Waals surface area contributed by atoms with Crippen LogP contribution in [-0.4, -0.2) is 52.2 Å². The summed E-state index contributed by atoms with van der Waals surface area (Å²) in [7, 11) is 1.49. The molecular formula is C15H16N4O6. The number of carbonyl (C=O) groups excluding carboxylic acids is 1. The zero-order valence-electron chi connectivity index (χ0n) is 13.5. The molecule has 0 N–H and O–H groups in total. The molecule has 3 rings (SSSR count). The first kappa shape index (κ1) is 16.7. The van der Waals surface area contributed by atoms with Crippen molar-refractivity contribution < 1.29 is 23.6 Å². The van der Waals surface area contributed by atoms with Crippen LogP contribution >= 0.6 is 0 Å². The molecule has 0 saturated carbocycles. The van der Waals surface area contributed by atoms with Gasteiger partial charge in [-0.2, -0.15) is 0 Å². The van der Waals surface area contributed by atoms with Crippen LogP contribution in [0.3, 0.4) is 0 Å². The van der Waals surface area contributed by atoms with Crippen molar-refractivity contribution in [3.8, 4) is 11.8 Å². The van der Waals surface area contributed by atoms with Crippen molar-refractivity contribution in [2.45, 2.75) is 18.9 Å². The Balaban J connectivity index is 1.63. The molecule has 132 valence electrons. The molecule has 1 amide bonds. The summed E-state index contributed by atoms with van der Waals surface area (Å²) in [6, 6.07) is 5.75. The van der Waals surface area contributed by atoms with Crippen LogP contribution in [0, 0.1) is 10.1 Å². The van der Waals surface area contributed by atoms with E-state index >= 15 is 0 Å². The highest BCUT2D eigenvalue weighted by Crippen LogP contribution is 2.21. The summed E-state index contributed by atoms with van der Waals surface area (Å²) in [5.41, 5.74) is 0. The lowest BCUT2D eigenvalue weighted by molar-refractivity contribution is -0.402. The minimum absolute atomic E-state index is 0.0587. The van der Waals surface area contributed by atoms with Gasteiger partial charge in [-0.15, -0.1) is 10.2 Å². The SMILES string of the molecule is COc1ccc(OC2CCCN(C(=O)c3ccc([N+](=O)[O-])o3)C2)nn1. The Morgan fingerprint density at radius 1 is 1.32 bits per heavy atom. The Kier molecular flexibility index (Phi) is 4.78. The lowest BCUT2D eigenvalue weighted by Crippen LogP contribution is -2.44. The van der Waals surface area contributed by atoms with Gasteiger partial charge in [0, 0.05) is 18.7 Å². The number of ether oxygens (including phenoxy) is 2. The predicted molar refractivity (Wildman–Crippen MR) is 83.5 cm³/mol. The average Bonchev–Trinajstić information content (AvgIpc) is 3.12. The Bertz CT molecular complexity index is 760. The number of nitrogens with zero attached hydrogens (tertiary/aromatic N) is 4. The number of hydrogen-bond donors (Lipinski definition) is 0. The summed E-state index contributed by atoms with van der Waals surface area (Å²) < 4.78 is 15.7. The summed E-state index contributed by atoms with van der Waals surface area (Å²) in [5.74, 6) is -0.193. The van der Waals surface area contributed by atoms with E-state index in [1.165, 1.54) is 13.2 Å². The van der Waals surface area contributed by atoms with Gasteiger partial charge in [0.1, 0.15) is 11.0 Å². The Morgan fingerprint density at radius 3 is 2.72 bits per heavy atom. The molecule has 1 fully saturated rings. The lowest BCUT2D eigenvalue weighted by Gasteiger charge is -2.31. The molecule has 0 aliphatic carbocycles. The van der Waals surface area contributed by atoms with Crippen LogP contribution in [0.5, 0.6) is 11.8 Å². The first-order valence-corrected chi connectivity index (χ1v) is 7.64. The van der Waals surface area contributed by atoms with Gasteiger partial charge in [0.15, 0.2) is 5.76 Å². The van der Waals surface area contributed by atoms with Gasteiger partial charge in [0.05, 0.1) is 19.7 Å². The van der Waals surface area contributed by atoms with Gasteiger partial charge in [-0.3, -0.25) is 14.9 Å². The zero-order chi connectivity index (χ0) is 17.8. The number of amides is 1. The molecule has 3 heterocycles. The topological polar surface area (TPSA) is 121 Å². The molecule has 1 aliphatic rings. The number of likely N-dealkylation sites (tertiary alicyclic amines) is 1. The van der Waals surface area contributed by atoms with Crippen LogP contribution < -0.4 is 9.47 Å². The minimum Gasteiger partial charge on any atom is -0.480 e. The first-order valence-electron chi connectivity index (χ1n) is 7.64. The molecule has 10 nitrogen and oxygen atoms in total. The summed E-state index contributed by atoms with van der Waals surface area (Å²) >= 11 is 0. The molecule has 0 radical (unpaired) electrons. The van der Waals surface area contributed by atoms with Crippen LogP contribution in [0.15, 0.2) is 28.7 Å². The highest BCUT2D eigenvalue weighted by atomic mass is 16.6. The fraction of sp³-hybridized carbons (Fsp3) is 0.400. The number of aromatic nitrogens is 2. The van der Waals surface area contributed by atoms with E-state index in [0.717, 1.165) is 18.9 Å². The number of piperidine rings is 1. The fourth-order valence-electron chi connectivity index (χ4n) is 2.57. The van der Waals surface area contributed by atoms with Crippen LogP contribution in [0.4, 0.5) is 5.88 Å². The number of rotatable bonds is 5. The van der Waals surface area contributed by atoms with E-state index in [2.05, 4.69) is 10.2 Å². The third-order valence-electron chi connectivity index (χ3n) is 3.76. The van der Waals surface area contributed by atoms with Gasteiger partial charge in [0.25, 0.3) is 5.91 Å². The van der Waals surface area contributed by atoms with Crippen molar-refractivity contribution >= 4 is 11.8 Å². The molecule has 0 aromatic carbocycles. The van der Waals surface area contributed by atoms with E-state index in [-0.39, 0.29) is 11.9 Å². The van der Waals surface area contributed by atoms with Gasteiger partial charge in [-0.25, -0.2) is 0 Å². The van der Waals surface area contributed by atoms with Crippen molar-refractivity contribution in [1.82, 2.24) is 15.1 Å². The van der Waals surface area contributed by atoms with Crippen LogP contribution in [0.25, 0.3) is 0 Å². The Hall–Kier alpha value is -3.17. The molecule has 1 saturated heterocycles. The number of nitro groups is 1. The second kappa shape index (κ2) is 7.16. The molecule has 0 spiro atoms. The van der Waals surface area contributed by atoms with Crippen LogP contribution in [0.1, 0.15) is 23.4 Å². The lowest BCUT2D eigenvalue weighted by atomic mass is 10.1. The third-order valence-corrected chi connectivity index (χ3v) is 3.76. The van der Waals surface area contributed by atoms with E-state index in [0.29, 0.717) is 24.8 Å². The normalized spacial score (nSPS) is 17.2. The summed E-state index contributed by atoms with van der Waals surface area (Å²) in [6.45, 7) is 0.864. The molecular weight excluding hydrogens is 332 g/mol. The monoisotopic (exact) mass is 348 g/mol. The van der Waals surface area contributed by atoms with E-state index in [9.17, 15) is 14.9 Å². The van der Waals surface area contributed by atoms with E-state index in [1.807, 2.05) is 0 Å². The van der Waals surface area contributed by atoms with Gasteiger partial charge in [0.2, 0.25) is 11.8 Å². The maximum Gasteiger partial charge on any atom is 0.433 e. The fourth-order valence-corrected chi connectivity index (χ4v) is 2.57. The van der Waals surface area contributed by atoms with E-state index < -0.39 is 16.7 Å². The summed E-state index contributed by atoms with van der Waals surface area (Å²) in [6.07, 6.45) is 1.25. The van der Waals surface area contributed by atoms with Gasteiger partial charge >= 0.3 is 5.88 Å². The molecule has 0 bridgehead atoms. The maximum atomic E-state index is 12.4. The van der Waals surface area contributed by atoms with E-state index in [4.69, 9.17) is 13.9 Å². The molecule has 2 aromatic heterocycles. The highest BCUT2D eigenvalue weighted by molar-refractivity contribution is 5.91. The third kappa shape index (κ3) is 3.84. The zero-order valence-corrected chi connectivity index (χ0v) is 13.5. The predicted octanol–water partition coefficient (Wildman–Crippen LogP) is 1.67. The Labute approximate surface area is 142 Å². The van der Waals surface area contributed by atoms with Crippen LogP contribution in [-0.2, 0) is 0 Å². The first-order chi connectivity index (χ1) is 12.1. The standard InChI is InChI=1S/C15H16N4O6/c1-23-12-5-6-13(17-16-12)24-10-3-2-8-18(9-10)15(20)11-4-7-14(25-11)19(21)22/h4-7,10H,2-3,8-9H2,1H3. The number of furan rings is 1. The van der Waals surface area contributed by atoms with E-state index in [1.54, 1.807) is 17.0 Å². The van der Waals surface area contributed by atoms with Gasteiger partial charge in [-0.1, -0.05) is 0 Å². The maximum absolute atomic E-state index is 12.4. The Morgan fingerprint density at radius 2 is 2.08 bits per heavy atom. The number of hydrogen-bond acceptors (Lipinski definition) is 8. The minimum atomic E-state index is -0.679. The number of methoxy groups -OCH3 is 1. The largest absolute Gasteiger partial charge is 0.480 e. The second-order valence-corrected chi connectivity index (χ2v) is 5.44. The summed E-state index contributed by atoms with van der Waals surface area (Å²) in [5, 5.41) is 18.4. The molecule has 25 heavy (non-hydrogen) atoms. The number of carbonyl (C=O) groups is 1. The second-order valence-electron chi connectivity index (χ2n) is 5.44. The quantitative estimate of drug-likeness (QED) is 0.591. The van der Waals surface area contributed by atoms with Crippen LogP contribution in [0.2, 0.25) is 0 Å². The molecule has 1 atom stereocenters. The average molecular weight is 348 g/mol. The smallest absolute Gasteiger partial charge is 0.433 e. The molecule has 10 heteroatoms. The van der Waals surface area contributed by atoms with Gasteiger partial charge in [-0.05, 0) is 18.9 Å². The molecule has 1 unspecified atom stereocenters. The van der Waals surface area contributed by atoms with Crippen molar-refractivity contribution in [3.05, 3.63) is 40.1 Å². The van der Waals surface area contributed by atoms with Gasteiger partial charge < -0.3 is 18.8 Å². The van der Waals surface area contributed by atoms with Crippen molar-refractivity contribution in [2.75, 3.05) is 20.2 Å².